The van der Waals surface area contributed by atoms with Gasteiger partial charge in [0.1, 0.15) is 0 Å². The first kappa shape index (κ1) is 17.7. The molecule has 2 fully saturated rings. The highest BCUT2D eigenvalue weighted by molar-refractivity contribution is 7.09. The number of piperidine rings is 2. The van der Waals surface area contributed by atoms with Crippen LogP contribution in [0, 0.1) is 5.41 Å². The number of nitrogens with zero attached hydrogens (tertiary/aromatic N) is 3. The number of thiophene rings is 1. The quantitative estimate of drug-likeness (QED) is 0.808. The Balaban J connectivity index is 1.32. The van der Waals surface area contributed by atoms with E-state index in [0.29, 0.717) is 11.3 Å². The summed E-state index contributed by atoms with van der Waals surface area (Å²) in [5, 5.41) is 2.16. The van der Waals surface area contributed by atoms with Gasteiger partial charge in [-0.3, -0.25) is 14.7 Å². The monoisotopic (exact) mass is 369 g/mol. The Morgan fingerprint density at radius 3 is 2.65 bits per heavy atom. The second kappa shape index (κ2) is 7.89. The van der Waals surface area contributed by atoms with Crippen LogP contribution in [0.25, 0.3) is 0 Å². The van der Waals surface area contributed by atoms with Crippen LogP contribution in [0.2, 0.25) is 0 Å². The Kier molecular flexibility index (Phi) is 5.36. The van der Waals surface area contributed by atoms with Crippen molar-refractivity contribution in [2.45, 2.75) is 38.6 Å². The Morgan fingerprint density at radius 1 is 1.12 bits per heavy atom. The Hall–Kier alpha value is -1.72. The third kappa shape index (κ3) is 4.15. The zero-order valence-corrected chi connectivity index (χ0v) is 16.1. The number of likely N-dealkylation sites (tertiary alicyclic amines) is 2. The lowest BCUT2D eigenvalue weighted by Gasteiger charge is -2.47. The smallest absolute Gasteiger partial charge is 0.222 e. The summed E-state index contributed by atoms with van der Waals surface area (Å²) >= 11 is 1.85. The Labute approximate surface area is 159 Å². The van der Waals surface area contributed by atoms with Crippen LogP contribution in [0.4, 0.5) is 0 Å². The summed E-state index contributed by atoms with van der Waals surface area (Å²) in [7, 11) is 0. The summed E-state index contributed by atoms with van der Waals surface area (Å²) in [6.45, 7) is 5.18. The zero-order valence-electron chi connectivity index (χ0n) is 15.3. The summed E-state index contributed by atoms with van der Waals surface area (Å²) in [6.07, 6.45) is 8.83. The van der Waals surface area contributed by atoms with Gasteiger partial charge in [0.15, 0.2) is 0 Å². The van der Waals surface area contributed by atoms with E-state index in [1.54, 1.807) is 0 Å². The average molecular weight is 370 g/mol. The molecule has 2 aromatic heterocycles. The highest BCUT2D eigenvalue weighted by Crippen LogP contribution is 2.40. The molecule has 0 atom stereocenters. The SMILES string of the molecule is O=C1CCC2(CCN(Cc3cccs3)CC2)CN1CCc1ccncc1. The van der Waals surface area contributed by atoms with E-state index in [1.807, 2.05) is 35.9 Å². The molecule has 4 rings (SSSR count). The van der Waals surface area contributed by atoms with Crippen molar-refractivity contribution >= 4 is 17.2 Å². The molecule has 0 unspecified atom stereocenters. The molecule has 4 nitrogen and oxygen atoms in total. The van der Waals surface area contributed by atoms with Gasteiger partial charge >= 0.3 is 0 Å². The van der Waals surface area contributed by atoms with Gasteiger partial charge < -0.3 is 4.90 Å². The van der Waals surface area contributed by atoms with Crippen LogP contribution in [-0.4, -0.2) is 46.9 Å². The molecule has 1 amide bonds. The van der Waals surface area contributed by atoms with Crippen LogP contribution in [0.1, 0.15) is 36.1 Å². The van der Waals surface area contributed by atoms with Crippen molar-refractivity contribution in [2.75, 3.05) is 26.2 Å². The lowest BCUT2D eigenvalue weighted by molar-refractivity contribution is -0.139. The standard InChI is InChI=1S/C21H27N3OS/c25-20-3-7-21(17-24(20)12-6-18-4-10-22-11-5-18)8-13-23(14-9-21)16-19-2-1-15-26-19/h1-2,4-5,10-11,15H,3,6-9,12-14,16-17H2. The van der Waals surface area contributed by atoms with Gasteiger partial charge in [0.05, 0.1) is 0 Å². The van der Waals surface area contributed by atoms with Gasteiger partial charge in [0.25, 0.3) is 0 Å². The molecule has 0 saturated carbocycles. The normalized spacial score (nSPS) is 20.6. The Morgan fingerprint density at radius 2 is 1.92 bits per heavy atom. The van der Waals surface area contributed by atoms with E-state index in [9.17, 15) is 4.79 Å². The van der Waals surface area contributed by atoms with Crippen LogP contribution in [-0.2, 0) is 17.8 Å². The first-order valence-corrected chi connectivity index (χ1v) is 10.5. The van der Waals surface area contributed by atoms with E-state index in [1.165, 1.54) is 23.3 Å². The van der Waals surface area contributed by atoms with Crippen molar-refractivity contribution in [1.29, 1.82) is 0 Å². The lowest BCUT2D eigenvalue weighted by atomic mass is 9.72. The van der Waals surface area contributed by atoms with Crippen LogP contribution >= 0.6 is 11.3 Å². The number of rotatable bonds is 5. The molecule has 2 aromatic rings. The van der Waals surface area contributed by atoms with Crippen molar-refractivity contribution in [2.24, 2.45) is 5.41 Å². The molecule has 2 saturated heterocycles. The molecule has 1 spiro atoms. The van der Waals surface area contributed by atoms with E-state index < -0.39 is 0 Å². The molecule has 0 aliphatic carbocycles. The number of aromatic nitrogens is 1. The second-order valence-electron chi connectivity index (χ2n) is 7.78. The lowest BCUT2D eigenvalue weighted by Crippen LogP contribution is -2.51. The van der Waals surface area contributed by atoms with Gasteiger partial charge in [-0.1, -0.05) is 6.07 Å². The van der Waals surface area contributed by atoms with Crippen LogP contribution in [0.15, 0.2) is 42.0 Å². The van der Waals surface area contributed by atoms with Crippen LogP contribution < -0.4 is 0 Å². The van der Waals surface area contributed by atoms with Gasteiger partial charge in [-0.2, -0.15) is 0 Å². The molecular formula is C21H27N3OS. The summed E-state index contributed by atoms with van der Waals surface area (Å²) < 4.78 is 0. The molecule has 0 bridgehead atoms. The van der Waals surface area contributed by atoms with Gasteiger partial charge in [-0.25, -0.2) is 0 Å². The minimum Gasteiger partial charge on any atom is -0.342 e. The molecule has 2 aliphatic heterocycles. The molecule has 138 valence electrons. The van der Waals surface area contributed by atoms with Crippen molar-refractivity contribution in [3.8, 4) is 0 Å². The topological polar surface area (TPSA) is 36.4 Å². The minimum absolute atomic E-state index is 0.339. The summed E-state index contributed by atoms with van der Waals surface area (Å²) in [6, 6.07) is 8.47. The van der Waals surface area contributed by atoms with Crippen molar-refractivity contribution in [3.63, 3.8) is 0 Å². The number of carbonyl (C=O) groups is 1. The molecule has 0 N–H and O–H groups in total. The van der Waals surface area contributed by atoms with Crippen LogP contribution in [0.3, 0.4) is 0 Å². The van der Waals surface area contributed by atoms with E-state index in [0.717, 1.165) is 52.0 Å². The predicted molar refractivity (Wildman–Crippen MR) is 105 cm³/mol. The second-order valence-corrected chi connectivity index (χ2v) is 8.81. The van der Waals surface area contributed by atoms with Gasteiger partial charge in [-0.05, 0) is 73.3 Å². The molecule has 2 aliphatic rings. The molecule has 26 heavy (non-hydrogen) atoms. The van der Waals surface area contributed by atoms with Crippen molar-refractivity contribution < 1.29 is 4.79 Å². The largest absolute Gasteiger partial charge is 0.342 e. The molecule has 4 heterocycles. The number of amides is 1. The molecular weight excluding hydrogens is 342 g/mol. The number of hydrogen-bond acceptors (Lipinski definition) is 4. The van der Waals surface area contributed by atoms with Crippen molar-refractivity contribution in [1.82, 2.24) is 14.8 Å². The fourth-order valence-corrected chi connectivity index (χ4v) is 5.08. The Bertz CT molecular complexity index is 708. The fraction of sp³-hybridized carbons (Fsp3) is 0.524. The van der Waals surface area contributed by atoms with Crippen molar-refractivity contribution in [3.05, 3.63) is 52.5 Å². The highest BCUT2D eigenvalue weighted by Gasteiger charge is 2.40. The van der Waals surface area contributed by atoms with E-state index in [4.69, 9.17) is 0 Å². The zero-order chi connectivity index (χ0) is 17.8. The maximum atomic E-state index is 12.4. The van der Waals surface area contributed by atoms with Gasteiger partial charge in [0, 0.05) is 43.3 Å². The average Bonchev–Trinajstić information content (AvgIpc) is 3.19. The maximum Gasteiger partial charge on any atom is 0.222 e. The van der Waals surface area contributed by atoms with Gasteiger partial charge in [0.2, 0.25) is 5.91 Å². The van der Waals surface area contributed by atoms with E-state index in [2.05, 4.69) is 32.3 Å². The summed E-state index contributed by atoms with van der Waals surface area (Å²) in [4.78, 5) is 22.7. The minimum atomic E-state index is 0.339. The molecule has 0 aromatic carbocycles. The maximum absolute atomic E-state index is 12.4. The first-order chi connectivity index (χ1) is 12.7. The summed E-state index contributed by atoms with van der Waals surface area (Å²) in [5.41, 5.74) is 1.61. The molecule has 0 radical (unpaired) electrons. The highest BCUT2D eigenvalue weighted by atomic mass is 32.1. The third-order valence-electron chi connectivity index (χ3n) is 6.04. The first-order valence-electron chi connectivity index (χ1n) is 9.64. The van der Waals surface area contributed by atoms with Crippen LogP contribution in [0.5, 0.6) is 0 Å². The number of pyridine rings is 1. The van der Waals surface area contributed by atoms with Gasteiger partial charge in [-0.15, -0.1) is 11.3 Å². The van der Waals surface area contributed by atoms with E-state index in [-0.39, 0.29) is 0 Å². The van der Waals surface area contributed by atoms with E-state index >= 15 is 0 Å². The number of carbonyl (C=O) groups excluding carboxylic acids is 1. The number of hydrogen-bond donors (Lipinski definition) is 0. The summed E-state index contributed by atoms with van der Waals surface area (Å²) in [5.74, 6) is 0.339. The third-order valence-corrected chi connectivity index (χ3v) is 6.91. The predicted octanol–water partition coefficient (Wildman–Crippen LogP) is 3.59. The fourth-order valence-electron chi connectivity index (χ4n) is 4.34. The molecule has 5 heteroatoms.